The number of hydrogen-bond donors (Lipinski definition) is 3. The number of nitrogens with two attached hydrogens (primary N) is 1. The van der Waals surface area contributed by atoms with Gasteiger partial charge >= 0.3 is 18.3 Å². The monoisotopic (exact) mass is 1020 g/mol. The molecule has 2 heterocycles. The molecule has 20 heteroatoms. The van der Waals surface area contributed by atoms with E-state index >= 15 is 0 Å². The van der Waals surface area contributed by atoms with Crippen LogP contribution in [0.4, 0.5) is 30.7 Å². The summed E-state index contributed by atoms with van der Waals surface area (Å²) in [5.41, 5.74) is 6.43. The minimum Gasteiger partial charge on any atom is -0.477 e. The largest absolute Gasteiger partial charge is 0.477 e. The fourth-order valence-electron chi connectivity index (χ4n) is 4.71. The van der Waals surface area contributed by atoms with Gasteiger partial charge in [-0.25, -0.2) is 4.79 Å². The quantitative estimate of drug-likeness (QED) is 0.129. The van der Waals surface area contributed by atoms with Crippen molar-refractivity contribution < 1.29 is 77.9 Å². The fraction of sp³-hybridized carbons (Fsp3) is 0.394. The number of benzene rings is 2. The Bertz CT molecular complexity index is 1860. The molecule has 0 unspecified atom stereocenters. The number of rotatable bonds is 7. The molecule has 2 aromatic heterocycles. The number of alkyl halides is 7. The number of aryl methyl sites for hydroxylation is 2. The molecule has 6 rings (SSSR count). The predicted octanol–water partition coefficient (Wildman–Crippen LogP) is 7.65. The number of carboxylic acids is 1. The Labute approximate surface area is 339 Å². The maximum Gasteiger partial charge on any atom is 0.417 e. The molecule has 0 aliphatic heterocycles. The number of aromatic carboxylic acids is 1. The molecule has 9 nitrogen and oxygen atoms in total. The number of carbonyl (C=O) groups is 2. The van der Waals surface area contributed by atoms with Crippen molar-refractivity contribution in [1.29, 1.82) is 1.34 Å². The number of hydrogen-bond acceptors (Lipinski definition) is 5. The van der Waals surface area contributed by atoms with E-state index in [4.69, 9.17) is 36.7 Å². The second kappa shape index (κ2) is 20.6. The van der Waals surface area contributed by atoms with Gasteiger partial charge in [-0.1, -0.05) is 47.5 Å². The standard InChI is InChI=1S/C16H15ClF3N3O.C8H7ClF3N.C8H10N2O2.CH3F.BH.U/c1-23-13(7-12(22-23)9-5-6-9)15(24)21-8-10-3-2-4-11(14(10)17)16(18,19)20;9-7-5(4-13)2-1-3-6(7)8(10,11)12;1-10-7(8(11)12)4-6(9-10)5-2-3-5;1-2;;/h2-4,7,9H,5-6,8H2,1H3,(H,21,24);1-3H,4,13H2;4-5H,2-3H2,1H3,(H,11,12);1H3;1H;/i;;;1D;1T;. The Morgan fingerprint density at radius 2 is 1.30 bits per heavy atom. The number of halogens is 9. The number of carbonyl (C=O) groups excluding carboxylic acids is 1. The summed E-state index contributed by atoms with van der Waals surface area (Å²) in [5.74, 6) is -0.373. The van der Waals surface area contributed by atoms with Crippen molar-refractivity contribution in [3.63, 3.8) is 0 Å². The van der Waals surface area contributed by atoms with Crippen LogP contribution < -0.4 is 11.1 Å². The second-order valence-electron chi connectivity index (χ2n) is 11.4. The van der Waals surface area contributed by atoms with E-state index in [1.54, 1.807) is 26.2 Å². The van der Waals surface area contributed by atoms with Gasteiger partial charge in [0.05, 0.1) is 41.1 Å². The zero-order chi connectivity index (χ0) is 41.0. The van der Waals surface area contributed by atoms with Gasteiger partial charge in [-0.05, 0) is 62.4 Å². The number of carboxylic acid groups (broad SMARTS) is 1. The maximum absolute atomic E-state index is 12.8. The molecule has 0 saturated heterocycles. The summed E-state index contributed by atoms with van der Waals surface area (Å²) in [6, 6.07) is 10.7. The van der Waals surface area contributed by atoms with Crippen LogP contribution in [0.1, 0.15) is 93.5 Å². The van der Waals surface area contributed by atoms with Crippen LogP contribution in [-0.2, 0) is 39.5 Å². The van der Waals surface area contributed by atoms with Gasteiger partial charge in [-0.15, -0.1) is 0 Å². The number of nitrogens with one attached hydrogen (secondary N) is 1. The first kappa shape index (κ1) is 44.4. The molecule has 2 fully saturated rings. The fourth-order valence-corrected chi connectivity index (χ4v) is 5.32. The second-order valence-corrected chi connectivity index (χ2v) is 12.2. The van der Waals surface area contributed by atoms with Crippen LogP contribution in [0.25, 0.3) is 0 Å². The molecule has 53 heavy (non-hydrogen) atoms. The molecule has 0 atom stereocenters. The summed E-state index contributed by atoms with van der Waals surface area (Å²) < 4.78 is 98.9. The summed E-state index contributed by atoms with van der Waals surface area (Å²) in [7, 11) is 6.08. The van der Waals surface area contributed by atoms with Crippen molar-refractivity contribution in [3.05, 3.63) is 104 Å². The molecule has 0 bridgehead atoms. The van der Waals surface area contributed by atoms with Crippen LogP contribution in [0.5, 0.6) is 0 Å². The van der Waals surface area contributed by atoms with Crippen molar-refractivity contribution in [2.45, 2.75) is 63.0 Å². The normalized spacial score (nSPS) is 13.7. The van der Waals surface area contributed by atoms with Crippen LogP contribution in [0.3, 0.4) is 0 Å². The topological polar surface area (TPSA) is 128 Å². The van der Waals surface area contributed by atoms with Gasteiger partial charge in [-0.3, -0.25) is 18.5 Å². The van der Waals surface area contributed by atoms with E-state index in [0.717, 1.165) is 49.2 Å². The van der Waals surface area contributed by atoms with Crippen LogP contribution in [0.15, 0.2) is 48.5 Å². The van der Waals surface area contributed by atoms with Crippen molar-refractivity contribution in [1.82, 2.24) is 24.9 Å². The van der Waals surface area contributed by atoms with E-state index < -0.39 is 47.5 Å². The Morgan fingerprint density at radius 3 is 1.68 bits per heavy atom. The van der Waals surface area contributed by atoms with Crippen LogP contribution >= 0.6 is 23.2 Å². The number of nitrogens with zero attached hydrogens (tertiary/aromatic N) is 4. The average molecular weight is 1020 g/mol. The van der Waals surface area contributed by atoms with Gasteiger partial charge in [0, 0.05) is 78.5 Å². The number of amides is 1. The van der Waals surface area contributed by atoms with Gasteiger partial charge in [0.25, 0.3) is 5.91 Å². The molecule has 2 saturated carbocycles. The summed E-state index contributed by atoms with van der Waals surface area (Å²) in [4.78, 5) is 22.9. The van der Waals surface area contributed by atoms with E-state index in [-0.39, 0.29) is 60.5 Å². The van der Waals surface area contributed by atoms with Crippen LogP contribution in [-0.4, -0.2) is 53.4 Å². The Hall–Kier alpha value is -3.03. The molecule has 0 spiro atoms. The summed E-state index contributed by atoms with van der Waals surface area (Å²) in [6.45, 7) is -0.0890. The zero-order valence-corrected chi connectivity index (χ0v) is 34.0. The van der Waals surface area contributed by atoms with E-state index in [9.17, 15) is 40.3 Å². The molecule has 2 radical (unpaired) electrons. The maximum atomic E-state index is 12.8. The average Bonchev–Trinajstić information content (AvgIpc) is 4.05. The third-order valence-electron chi connectivity index (χ3n) is 7.67. The molecule has 1 amide bonds. The van der Waals surface area contributed by atoms with Crippen LogP contribution in [0, 0.1) is 31.1 Å². The Balaban J connectivity index is 0.000000415. The summed E-state index contributed by atoms with van der Waals surface area (Å²) in [5, 5.41) is 19.0. The minimum absolute atomic E-state index is 0. The van der Waals surface area contributed by atoms with Gasteiger partial charge in [-0.2, -0.15) is 36.5 Å². The summed E-state index contributed by atoms with van der Waals surface area (Å²) in [6.07, 6.45) is -4.51. The van der Waals surface area contributed by atoms with Gasteiger partial charge in [0.1, 0.15) is 11.4 Å². The van der Waals surface area contributed by atoms with E-state index in [2.05, 4.69) is 23.9 Å². The Morgan fingerprint density at radius 1 is 0.906 bits per heavy atom. The summed E-state index contributed by atoms with van der Waals surface area (Å²) >= 11 is 11.3. The first-order valence-electron chi connectivity index (χ1n) is 16.5. The van der Waals surface area contributed by atoms with Crippen molar-refractivity contribution in [2.24, 2.45) is 19.8 Å². The molecule has 2 aliphatic carbocycles. The van der Waals surface area contributed by atoms with Crippen LogP contribution in [0.2, 0.25) is 10.0 Å². The molecule has 2 aromatic carbocycles. The van der Waals surface area contributed by atoms with Crippen molar-refractivity contribution in [2.75, 3.05) is 7.15 Å². The third kappa shape index (κ3) is 13.3. The first-order chi connectivity index (χ1) is 25.3. The van der Waals surface area contributed by atoms with Gasteiger partial charge < -0.3 is 16.2 Å². The molecule has 286 valence electrons. The molecule has 2 aliphatic rings. The number of aromatic nitrogens is 4. The van der Waals surface area contributed by atoms with Crippen molar-refractivity contribution >= 4 is 43.5 Å². The third-order valence-corrected chi connectivity index (χ3v) is 8.56. The van der Waals surface area contributed by atoms with Gasteiger partial charge in [0.2, 0.25) is 0 Å². The molecular weight excluding hydrogens is 981 g/mol. The predicted molar refractivity (Wildman–Crippen MR) is 183 cm³/mol. The molecule has 4 aromatic rings. The smallest absolute Gasteiger partial charge is 0.417 e. The van der Waals surface area contributed by atoms with E-state index in [1.807, 2.05) is 0 Å². The Kier molecular flexibility index (Phi) is 17.2. The molecular formula is C33H36BCl2F7N6O3U. The van der Waals surface area contributed by atoms with E-state index in [0.29, 0.717) is 23.1 Å². The minimum atomic E-state index is -4.53. The van der Waals surface area contributed by atoms with E-state index in [1.165, 1.54) is 33.6 Å². The molecule has 4 N–H and O–H groups in total. The zero-order valence-electron chi connectivity index (χ0n) is 30.3. The first-order valence-corrected chi connectivity index (χ1v) is 15.9. The SMILES string of the molecule is Cn1nc(C2CC2)cc1C(=O)NCc1cccc(C(F)(F)F)c1Cl.Cn1nc(C2CC2)cc1C(=O)O.NCc1cccc(C(F)(F)F)c1Cl.[2H]CF.[3H][B].[U]. The van der Waals surface area contributed by atoms with Crippen molar-refractivity contribution in [3.8, 4) is 0 Å². The van der Waals surface area contributed by atoms with Gasteiger partial charge in [0.15, 0.2) is 0 Å².